The summed E-state index contributed by atoms with van der Waals surface area (Å²) < 4.78 is 0. The van der Waals surface area contributed by atoms with E-state index in [1.54, 1.807) is 6.07 Å². The van der Waals surface area contributed by atoms with Crippen molar-refractivity contribution in [3.63, 3.8) is 0 Å². The van der Waals surface area contributed by atoms with Crippen molar-refractivity contribution in [3.8, 4) is 5.75 Å². The van der Waals surface area contributed by atoms with E-state index in [4.69, 9.17) is 0 Å². The molecule has 0 aromatic heterocycles. The van der Waals surface area contributed by atoms with Crippen LogP contribution < -0.4 is 4.90 Å². The van der Waals surface area contributed by atoms with Crippen LogP contribution in [0, 0.1) is 11.8 Å². The van der Waals surface area contributed by atoms with Gasteiger partial charge in [-0.2, -0.15) is 0 Å². The Bertz CT molecular complexity index is 831. The number of fused-ring (bicyclic) bond motifs is 2. The van der Waals surface area contributed by atoms with Crippen LogP contribution in [0.25, 0.3) is 0 Å². The lowest BCUT2D eigenvalue weighted by Gasteiger charge is -2.58. The second kappa shape index (κ2) is 3.88. The highest BCUT2D eigenvalue weighted by molar-refractivity contribution is 6.02. The smallest absolute Gasteiger partial charge is 0.150 e. The molecule has 1 aromatic rings. The van der Waals surface area contributed by atoms with Gasteiger partial charge < -0.3 is 10.0 Å². The highest BCUT2D eigenvalue weighted by Crippen LogP contribution is 2.67. The van der Waals surface area contributed by atoms with Crippen LogP contribution in [0.3, 0.4) is 0 Å². The van der Waals surface area contributed by atoms with E-state index in [9.17, 15) is 9.90 Å². The Labute approximate surface area is 141 Å². The van der Waals surface area contributed by atoms with Crippen molar-refractivity contribution in [2.45, 2.75) is 43.3 Å². The number of hydrogen-bond acceptors (Lipinski definition) is 4. The molecule has 6 aliphatic rings. The summed E-state index contributed by atoms with van der Waals surface area (Å²) in [7, 11) is 2.07. The van der Waals surface area contributed by atoms with Gasteiger partial charge in [-0.25, -0.2) is 0 Å². The molecule has 7 atom stereocenters. The Morgan fingerprint density at radius 2 is 2.17 bits per heavy atom. The number of benzene rings is 1. The van der Waals surface area contributed by atoms with Crippen molar-refractivity contribution in [2.75, 3.05) is 18.5 Å². The summed E-state index contributed by atoms with van der Waals surface area (Å²) in [5.41, 5.74) is 3.06. The van der Waals surface area contributed by atoms with Crippen molar-refractivity contribution in [1.29, 1.82) is 0 Å². The maximum atomic E-state index is 13.8. The molecule has 4 saturated heterocycles. The minimum absolute atomic E-state index is 0.160. The van der Waals surface area contributed by atoms with Gasteiger partial charge in [-0.05, 0) is 37.3 Å². The number of carbonyl (C=O) groups excluding carboxylic acids is 1. The van der Waals surface area contributed by atoms with Gasteiger partial charge in [0.2, 0.25) is 0 Å². The van der Waals surface area contributed by atoms with Gasteiger partial charge in [-0.3, -0.25) is 9.69 Å². The van der Waals surface area contributed by atoms with Gasteiger partial charge in [0.25, 0.3) is 0 Å². The number of aromatic hydroxyl groups is 1. The SMILES string of the molecule is CC=C1CN2[C@H]3C[C@]45C(=O)C3C1C[C@H]2[C@@H]4N(C)c1c(O)cccc15. The fourth-order valence-corrected chi connectivity index (χ4v) is 7.14. The monoisotopic (exact) mass is 322 g/mol. The Morgan fingerprint density at radius 1 is 1.33 bits per heavy atom. The number of likely N-dealkylation sites (N-methyl/N-ethyl adjacent to an activating group) is 1. The Kier molecular flexibility index (Phi) is 2.18. The molecule has 5 heterocycles. The first-order valence-corrected chi connectivity index (χ1v) is 9.10. The topological polar surface area (TPSA) is 43.8 Å². The first-order valence-electron chi connectivity index (χ1n) is 9.10. The van der Waals surface area contributed by atoms with Crippen LogP contribution >= 0.6 is 0 Å². The Morgan fingerprint density at radius 3 is 2.96 bits per heavy atom. The van der Waals surface area contributed by atoms with E-state index in [1.165, 1.54) is 5.57 Å². The number of piperidine rings is 4. The van der Waals surface area contributed by atoms with Crippen LogP contribution in [0.4, 0.5) is 5.69 Å². The minimum atomic E-state index is -0.392. The molecule has 1 saturated carbocycles. The van der Waals surface area contributed by atoms with E-state index in [0.29, 0.717) is 29.5 Å². The Balaban J connectivity index is 1.64. The molecule has 5 bridgehead atoms. The quantitative estimate of drug-likeness (QED) is 0.743. The number of para-hydroxylation sites is 1. The number of phenols is 1. The zero-order chi connectivity index (χ0) is 16.4. The number of Topliss-reactive ketones (excluding diaryl/α,β-unsaturated/α-hetero) is 1. The van der Waals surface area contributed by atoms with E-state index in [-0.39, 0.29) is 12.0 Å². The van der Waals surface area contributed by atoms with Crippen molar-refractivity contribution < 1.29 is 9.90 Å². The van der Waals surface area contributed by atoms with Gasteiger partial charge in [0, 0.05) is 31.6 Å². The van der Waals surface area contributed by atoms with E-state index < -0.39 is 5.41 Å². The van der Waals surface area contributed by atoms with Gasteiger partial charge in [-0.1, -0.05) is 23.8 Å². The molecular weight excluding hydrogens is 300 g/mol. The lowest BCUT2D eigenvalue weighted by Crippen LogP contribution is -2.68. The molecule has 5 fully saturated rings. The second-order valence-corrected chi connectivity index (χ2v) is 8.31. The summed E-state index contributed by atoms with van der Waals surface area (Å²) in [6, 6.07) is 6.76. The van der Waals surface area contributed by atoms with Gasteiger partial charge >= 0.3 is 0 Å². The summed E-state index contributed by atoms with van der Waals surface area (Å²) in [6.45, 7) is 3.15. The summed E-state index contributed by atoms with van der Waals surface area (Å²) in [4.78, 5) is 18.6. The fraction of sp³-hybridized carbons (Fsp3) is 0.550. The van der Waals surface area contributed by atoms with Gasteiger partial charge in [0.15, 0.2) is 5.78 Å². The number of rotatable bonds is 0. The first kappa shape index (κ1) is 13.5. The van der Waals surface area contributed by atoms with Gasteiger partial charge in [-0.15, -0.1) is 0 Å². The van der Waals surface area contributed by atoms with Crippen molar-refractivity contribution >= 4 is 11.5 Å². The molecule has 4 nitrogen and oxygen atoms in total. The normalized spacial score (nSPS) is 48.3. The van der Waals surface area contributed by atoms with Crippen LogP contribution in [0.5, 0.6) is 5.75 Å². The highest BCUT2D eigenvalue weighted by Gasteiger charge is 2.74. The zero-order valence-electron chi connectivity index (χ0n) is 14.1. The number of ketones is 1. The third kappa shape index (κ3) is 1.13. The number of allylic oxidation sites excluding steroid dienone is 1. The van der Waals surface area contributed by atoms with Crippen molar-refractivity contribution in [1.82, 2.24) is 4.90 Å². The lowest BCUT2D eigenvalue weighted by molar-refractivity contribution is -0.126. The molecule has 4 heteroatoms. The average molecular weight is 322 g/mol. The predicted octanol–water partition coefficient (Wildman–Crippen LogP) is 2.07. The molecule has 0 amide bonds. The maximum Gasteiger partial charge on any atom is 0.150 e. The van der Waals surface area contributed by atoms with E-state index in [2.05, 4.69) is 35.9 Å². The largest absolute Gasteiger partial charge is 0.506 e. The van der Waals surface area contributed by atoms with Crippen molar-refractivity contribution in [2.24, 2.45) is 11.8 Å². The second-order valence-electron chi connectivity index (χ2n) is 8.31. The van der Waals surface area contributed by atoms with Crippen LogP contribution in [-0.4, -0.2) is 47.5 Å². The van der Waals surface area contributed by atoms with Crippen LogP contribution in [0.1, 0.15) is 25.3 Å². The first-order chi connectivity index (χ1) is 11.6. The minimum Gasteiger partial charge on any atom is -0.506 e. The average Bonchev–Trinajstić information content (AvgIpc) is 2.98. The molecular formula is C20H22N2O2. The Hall–Kier alpha value is -1.81. The molecule has 24 heavy (non-hydrogen) atoms. The molecule has 7 rings (SSSR count). The molecule has 1 spiro atoms. The number of carbonyl (C=O) groups is 1. The summed E-state index contributed by atoms with van der Waals surface area (Å²) in [5.74, 6) is 1.37. The molecule has 124 valence electrons. The number of hydrogen-bond donors (Lipinski definition) is 1. The molecule has 0 radical (unpaired) electrons. The third-order valence-electron chi connectivity index (χ3n) is 7.82. The highest BCUT2D eigenvalue weighted by atomic mass is 16.3. The summed E-state index contributed by atoms with van der Waals surface area (Å²) >= 11 is 0. The van der Waals surface area contributed by atoms with Crippen LogP contribution in [0.2, 0.25) is 0 Å². The molecule has 1 aliphatic carbocycles. The van der Waals surface area contributed by atoms with E-state index in [1.807, 2.05) is 6.07 Å². The van der Waals surface area contributed by atoms with Gasteiger partial charge in [0.1, 0.15) is 5.75 Å². The zero-order valence-corrected chi connectivity index (χ0v) is 14.1. The molecule has 1 aromatic carbocycles. The van der Waals surface area contributed by atoms with E-state index in [0.717, 1.165) is 30.6 Å². The van der Waals surface area contributed by atoms with Gasteiger partial charge in [0.05, 0.1) is 17.1 Å². The van der Waals surface area contributed by atoms with E-state index >= 15 is 0 Å². The number of anilines is 1. The molecule has 1 N–H and O–H groups in total. The standard InChI is InChI=1S/C20H22N2O2/c1-3-10-9-22-13-7-11(10)16-14(22)8-20(19(16)24)12-5-4-6-15(23)17(12)21(2)18(13)20/h3-6,11,13-14,16,18,23H,7-9H2,1-2H3/t11?,13-,14-,16?,18-,20+/m0/s1. The molecule has 5 aliphatic heterocycles. The lowest BCUT2D eigenvalue weighted by atomic mass is 9.65. The third-order valence-corrected chi connectivity index (χ3v) is 7.82. The summed E-state index contributed by atoms with van der Waals surface area (Å²) in [6.07, 6.45) is 4.27. The summed E-state index contributed by atoms with van der Waals surface area (Å²) in [5, 5.41) is 10.5. The molecule has 3 unspecified atom stereocenters. The number of phenolic OH excluding ortho intramolecular Hbond substituents is 1. The van der Waals surface area contributed by atoms with Crippen LogP contribution in [0.15, 0.2) is 29.8 Å². The fourth-order valence-electron chi connectivity index (χ4n) is 7.14. The van der Waals surface area contributed by atoms with Crippen molar-refractivity contribution in [3.05, 3.63) is 35.4 Å². The predicted molar refractivity (Wildman–Crippen MR) is 91.2 cm³/mol. The number of nitrogens with zero attached hydrogens (tertiary/aromatic N) is 2. The van der Waals surface area contributed by atoms with Crippen LogP contribution in [-0.2, 0) is 10.2 Å². The maximum absolute atomic E-state index is 13.8.